The molecule has 5 heteroatoms. The molecule has 0 heterocycles. The number of fused-ring (bicyclic) bond motifs is 5. The highest BCUT2D eigenvalue weighted by Crippen LogP contribution is 2.67. The molecule has 0 amide bonds. The molecule has 0 aromatic carbocycles. The van der Waals surface area contributed by atoms with Crippen molar-refractivity contribution in [3.8, 4) is 0 Å². The molecule has 0 bridgehead atoms. The Morgan fingerprint density at radius 2 is 2.04 bits per heavy atom. The molecule has 0 spiro atoms. The summed E-state index contributed by atoms with van der Waals surface area (Å²) in [5, 5.41) is 42.2. The van der Waals surface area contributed by atoms with Gasteiger partial charge in [0.25, 0.3) is 0 Å². The van der Waals surface area contributed by atoms with Crippen LogP contribution in [0.25, 0.3) is 0 Å². The summed E-state index contributed by atoms with van der Waals surface area (Å²) in [6.07, 6.45) is 6.85. The van der Waals surface area contributed by atoms with Crippen molar-refractivity contribution in [2.45, 2.75) is 63.8 Å². The quantitative estimate of drug-likeness (QED) is 0.594. The van der Waals surface area contributed by atoms with Crippen LogP contribution < -0.4 is 0 Å². The molecule has 144 valence electrons. The number of aliphatic hydroxyl groups excluding tert-OH is 3. The van der Waals surface area contributed by atoms with E-state index in [-0.39, 0.29) is 29.0 Å². The third-order valence-corrected chi connectivity index (χ3v) is 8.44. The maximum atomic E-state index is 11.8. The zero-order chi connectivity index (χ0) is 18.9. The van der Waals surface area contributed by atoms with Gasteiger partial charge in [-0.1, -0.05) is 25.5 Å². The van der Waals surface area contributed by atoms with Gasteiger partial charge in [-0.15, -0.1) is 0 Å². The van der Waals surface area contributed by atoms with Gasteiger partial charge in [-0.25, -0.2) is 0 Å². The SMILES string of the molecule is C[C@]12C=CC(=O)C=C1CC[C@H]1C2C(O)C[C@@]2(C)[C@@H]1CC[C@]2(O)[C@@H](O)CO. The Morgan fingerprint density at radius 3 is 2.73 bits per heavy atom. The monoisotopic (exact) mass is 362 g/mol. The average Bonchev–Trinajstić information content (AvgIpc) is 2.86. The summed E-state index contributed by atoms with van der Waals surface area (Å²) in [5.74, 6) is 0.445. The second-order valence-electron chi connectivity index (χ2n) is 9.37. The zero-order valence-corrected chi connectivity index (χ0v) is 15.6. The van der Waals surface area contributed by atoms with Crippen molar-refractivity contribution < 1.29 is 25.2 Å². The summed E-state index contributed by atoms with van der Waals surface area (Å²) in [4.78, 5) is 11.8. The summed E-state index contributed by atoms with van der Waals surface area (Å²) in [6.45, 7) is 3.61. The molecule has 3 fully saturated rings. The summed E-state index contributed by atoms with van der Waals surface area (Å²) in [6, 6.07) is 0. The van der Waals surface area contributed by atoms with Crippen LogP contribution in [0.2, 0.25) is 0 Å². The number of carbonyl (C=O) groups excluding carboxylic acids is 1. The van der Waals surface area contributed by atoms with E-state index in [1.165, 1.54) is 0 Å². The molecule has 0 aromatic rings. The van der Waals surface area contributed by atoms with Crippen molar-refractivity contribution in [1.29, 1.82) is 0 Å². The second kappa shape index (κ2) is 5.74. The Labute approximate surface area is 154 Å². The fourth-order valence-corrected chi connectivity index (χ4v) is 7.06. The van der Waals surface area contributed by atoms with E-state index >= 15 is 0 Å². The molecule has 4 aliphatic rings. The molecule has 5 nitrogen and oxygen atoms in total. The molecule has 0 radical (unpaired) electrons. The van der Waals surface area contributed by atoms with Crippen LogP contribution in [-0.2, 0) is 4.79 Å². The molecule has 0 saturated heterocycles. The van der Waals surface area contributed by atoms with Crippen LogP contribution in [0.1, 0.15) is 46.0 Å². The fourth-order valence-electron chi connectivity index (χ4n) is 7.06. The van der Waals surface area contributed by atoms with Crippen LogP contribution >= 0.6 is 0 Å². The highest BCUT2D eigenvalue weighted by atomic mass is 16.4. The van der Waals surface area contributed by atoms with E-state index in [1.807, 2.05) is 13.0 Å². The van der Waals surface area contributed by atoms with Crippen LogP contribution in [-0.4, -0.2) is 50.6 Å². The molecule has 4 N–H and O–H groups in total. The van der Waals surface area contributed by atoms with Gasteiger partial charge in [-0.3, -0.25) is 4.79 Å². The van der Waals surface area contributed by atoms with E-state index in [1.54, 1.807) is 12.2 Å². The van der Waals surface area contributed by atoms with Crippen LogP contribution in [0.4, 0.5) is 0 Å². The first kappa shape index (κ1) is 18.4. The van der Waals surface area contributed by atoms with E-state index in [0.717, 1.165) is 24.8 Å². The van der Waals surface area contributed by atoms with Gasteiger partial charge in [-0.2, -0.15) is 0 Å². The van der Waals surface area contributed by atoms with Gasteiger partial charge in [0.05, 0.1) is 18.3 Å². The molecular weight excluding hydrogens is 332 g/mol. The van der Waals surface area contributed by atoms with Crippen molar-refractivity contribution in [3.05, 3.63) is 23.8 Å². The van der Waals surface area contributed by atoms with Gasteiger partial charge < -0.3 is 20.4 Å². The van der Waals surface area contributed by atoms with E-state index in [4.69, 9.17) is 0 Å². The molecule has 8 atom stereocenters. The Kier molecular flexibility index (Phi) is 4.05. The first-order valence-corrected chi connectivity index (χ1v) is 9.81. The number of allylic oxidation sites excluding steroid dienone is 4. The third-order valence-electron chi connectivity index (χ3n) is 8.44. The second-order valence-corrected chi connectivity index (χ2v) is 9.37. The van der Waals surface area contributed by atoms with Gasteiger partial charge in [-0.05, 0) is 56.1 Å². The molecule has 0 aliphatic heterocycles. The summed E-state index contributed by atoms with van der Waals surface area (Å²) in [5.41, 5.74) is -1.21. The fraction of sp³-hybridized carbons (Fsp3) is 0.762. The summed E-state index contributed by atoms with van der Waals surface area (Å²) < 4.78 is 0. The van der Waals surface area contributed by atoms with Crippen LogP contribution in [0.15, 0.2) is 23.8 Å². The smallest absolute Gasteiger partial charge is 0.178 e. The minimum Gasteiger partial charge on any atom is -0.394 e. The number of ketones is 1. The van der Waals surface area contributed by atoms with Crippen molar-refractivity contribution in [2.75, 3.05) is 6.61 Å². The van der Waals surface area contributed by atoms with E-state index in [0.29, 0.717) is 12.8 Å². The van der Waals surface area contributed by atoms with Crippen LogP contribution in [0, 0.1) is 28.6 Å². The topological polar surface area (TPSA) is 98.0 Å². The van der Waals surface area contributed by atoms with Crippen molar-refractivity contribution in [2.24, 2.45) is 28.6 Å². The third kappa shape index (κ3) is 2.15. The van der Waals surface area contributed by atoms with Gasteiger partial charge in [0.2, 0.25) is 0 Å². The lowest BCUT2D eigenvalue weighted by molar-refractivity contribution is -0.204. The van der Waals surface area contributed by atoms with Gasteiger partial charge >= 0.3 is 0 Å². The minimum atomic E-state index is -1.37. The molecular formula is C21H30O5. The Morgan fingerprint density at radius 1 is 1.31 bits per heavy atom. The molecule has 26 heavy (non-hydrogen) atoms. The number of rotatable bonds is 2. The van der Waals surface area contributed by atoms with E-state index < -0.39 is 29.8 Å². The molecule has 4 rings (SSSR count). The number of aliphatic hydroxyl groups is 4. The van der Waals surface area contributed by atoms with Crippen molar-refractivity contribution >= 4 is 5.78 Å². The van der Waals surface area contributed by atoms with Crippen LogP contribution in [0.3, 0.4) is 0 Å². The predicted octanol–water partition coefficient (Wildman–Crippen LogP) is 1.35. The number of hydrogen-bond donors (Lipinski definition) is 4. The van der Waals surface area contributed by atoms with E-state index in [2.05, 4.69) is 6.92 Å². The van der Waals surface area contributed by atoms with Gasteiger partial charge in [0.15, 0.2) is 5.78 Å². The van der Waals surface area contributed by atoms with Gasteiger partial charge in [0, 0.05) is 16.7 Å². The number of carbonyl (C=O) groups is 1. The highest BCUT2D eigenvalue weighted by Gasteiger charge is 2.67. The normalized spacial score (nSPS) is 51.3. The highest BCUT2D eigenvalue weighted by molar-refractivity contribution is 6.01. The number of hydrogen-bond acceptors (Lipinski definition) is 5. The summed E-state index contributed by atoms with van der Waals surface area (Å²) >= 11 is 0. The first-order chi connectivity index (χ1) is 12.2. The lowest BCUT2D eigenvalue weighted by Crippen LogP contribution is -2.62. The molecule has 3 saturated carbocycles. The lowest BCUT2D eigenvalue weighted by atomic mass is 9.46. The van der Waals surface area contributed by atoms with Crippen LogP contribution in [0.5, 0.6) is 0 Å². The minimum absolute atomic E-state index is 0.0125. The Hall–Kier alpha value is -1.01. The Bertz CT molecular complexity index is 684. The molecule has 4 aliphatic carbocycles. The summed E-state index contributed by atoms with van der Waals surface area (Å²) in [7, 11) is 0. The molecule has 2 unspecified atom stereocenters. The maximum absolute atomic E-state index is 11.8. The van der Waals surface area contributed by atoms with Crippen molar-refractivity contribution in [3.63, 3.8) is 0 Å². The average molecular weight is 362 g/mol. The Balaban J connectivity index is 1.74. The van der Waals surface area contributed by atoms with Gasteiger partial charge in [0.1, 0.15) is 6.10 Å². The predicted molar refractivity (Wildman–Crippen MR) is 96.0 cm³/mol. The standard InChI is InChI=1S/C21H30O5/c1-19-7-5-13(23)9-12(19)3-4-14-15-6-8-21(26,17(25)11-22)20(15,2)10-16(24)18(14)19/h5,7,9,14-18,22,24-26H,3-4,6,8,10-11H2,1-2H3/t14-,15-,16?,17+,18?,19+,20+,21+/m1/s1. The van der Waals surface area contributed by atoms with E-state index in [9.17, 15) is 25.2 Å². The lowest BCUT2D eigenvalue weighted by Gasteiger charge is -2.60. The first-order valence-electron chi connectivity index (χ1n) is 9.81. The largest absolute Gasteiger partial charge is 0.394 e. The maximum Gasteiger partial charge on any atom is 0.178 e. The van der Waals surface area contributed by atoms with Crippen molar-refractivity contribution in [1.82, 2.24) is 0 Å². The molecule has 0 aromatic heterocycles. The zero-order valence-electron chi connectivity index (χ0n) is 15.6.